The molecule has 5 nitrogen and oxygen atoms in total. The van der Waals surface area contributed by atoms with Crippen LogP contribution in [0.5, 0.6) is 0 Å². The third-order valence-corrected chi connectivity index (χ3v) is 13.2. The highest BCUT2D eigenvalue weighted by atomic mass is 15.2. The molecule has 0 aliphatic carbocycles. The number of nitrogens with zero attached hydrogens (tertiary/aromatic N) is 5. The molecule has 14 aromatic rings. The van der Waals surface area contributed by atoms with Crippen molar-refractivity contribution in [1.82, 2.24) is 23.7 Å². The SMILES string of the molecule is c1ccc(-n2c3ccccc3c3ccc(-c4nc(-n5c6ccccc6c6cc7ccc(-n8c9ccccc9c9c%10ccccc%10ccc98)cc7cc65)nc5ccccc45)cc32)cc1. The number of rotatable bonds is 4. The first-order valence-corrected chi connectivity index (χ1v) is 21.5. The largest absolute Gasteiger partial charge is 0.309 e. The van der Waals surface area contributed by atoms with Crippen LogP contribution >= 0.6 is 0 Å². The highest BCUT2D eigenvalue weighted by Gasteiger charge is 2.21. The zero-order chi connectivity index (χ0) is 41.2. The van der Waals surface area contributed by atoms with Gasteiger partial charge in [0.1, 0.15) is 0 Å². The van der Waals surface area contributed by atoms with E-state index in [2.05, 4.69) is 226 Å². The summed E-state index contributed by atoms with van der Waals surface area (Å²) in [6.45, 7) is 0. The van der Waals surface area contributed by atoms with Crippen LogP contribution in [0.2, 0.25) is 0 Å². The molecule has 0 aliphatic heterocycles. The van der Waals surface area contributed by atoms with E-state index in [0.29, 0.717) is 5.95 Å². The third-order valence-electron chi connectivity index (χ3n) is 13.2. The Morgan fingerprint density at radius 1 is 0.286 bits per heavy atom. The fraction of sp³-hybridized carbons (Fsp3) is 0. The van der Waals surface area contributed by atoms with Crippen molar-refractivity contribution >= 4 is 97.9 Å². The molecule has 0 saturated heterocycles. The Morgan fingerprint density at radius 2 is 0.889 bits per heavy atom. The van der Waals surface area contributed by atoms with Crippen LogP contribution < -0.4 is 0 Å². The van der Waals surface area contributed by atoms with Gasteiger partial charge in [-0.15, -0.1) is 0 Å². The Morgan fingerprint density at radius 3 is 1.71 bits per heavy atom. The van der Waals surface area contributed by atoms with Gasteiger partial charge in [-0.25, -0.2) is 9.97 Å². The minimum atomic E-state index is 0.642. The summed E-state index contributed by atoms with van der Waals surface area (Å²) in [5.41, 5.74) is 11.9. The summed E-state index contributed by atoms with van der Waals surface area (Å²) in [4.78, 5) is 10.9. The lowest BCUT2D eigenvalue weighted by Gasteiger charge is -2.13. The maximum atomic E-state index is 5.55. The van der Waals surface area contributed by atoms with Crippen LogP contribution in [0, 0.1) is 0 Å². The smallest absolute Gasteiger partial charge is 0.235 e. The first kappa shape index (κ1) is 34.2. The van der Waals surface area contributed by atoms with Crippen LogP contribution in [0.1, 0.15) is 0 Å². The fourth-order valence-electron chi connectivity index (χ4n) is 10.4. The molecular formula is C58H35N5. The van der Waals surface area contributed by atoms with E-state index in [-0.39, 0.29) is 0 Å². The summed E-state index contributed by atoms with van der Waals surface area (Å²) in [7, 11) is 0. The van der Waals surface area contributed by atoms with Crippen molar-refractivity contribution in [1.29, 1.82) is 0 Å². The Balaban J connectivity index is 1.01. The molecule has 0 aliphatic rings. The highest BCUT2D eigenvalue weighted by Crippen LogP contribution is 2.41. The normalized spacial score (nSPS) is 12.1. The lowest BCUT2D eigenvalue weighted by atomic mass is 10.0. The van der Waals surface area contributed by atoms with Crippen molar-refractivity contribution in [3.63, 3.8) is 0 Å². The van der Waals surface area contributed by atoms with Gasteiger partial charge in [0.2, 0.25) is 5.95 Å². The molecule has 0 fully saturated rings. The minimum Gasteiger partial charge on any atom is -0.309 e. The molecule has 0 amide bonds. The summed E-state index contributed by atoms with van der Waals surface area (Å²) < 4.78 is 7.05. The van der Waals surface area contributed by atoms with Gasteiger partial charge in [-0.1, -0.05) is 140 Å². The van der Waals surface area contributed by atoms with Crippen LogP contribution in [0.15, 0.2) is 212 Å². The number of fused-ring (bicyclic) bond motifs is 13. The topological polar surface area (TPSA) is 40.6 Å². The second kappa shape index (κ2) is 13.0. The molecule has 0 N–H and O–H groups in total. The first-order valence-electron chi connectivity index (χ1n) is 21.5. The van der Waals surface area contributed by atoms with E-state index < -0.39 is 0 Å². The molecule has 63 heavy (non-hydrogen) atoms. The second-order valence-electron chi connectivity index (χ2n) is 16.6. The van der Waals surface area contributed by atoms with E-state index in [4.69, 9.17) is 9.97 Å². The summed E-state index contributed by atoms with van der Waals surface area (Å²) >= 11 is 0. The standard InChI is InChI=1S/C58H35N5/c1-2-15-40(16-3-1)61-50-23-11-7-18-43(50)45-30-27-38(34-54(45)61)57-46-20-6-10-22-49(46)59-58(60-57)63-51-24-12-8-19-44(51)48-33-37-26-29-41(32-39(37)35-55(48)63)62-52-25-13-9-21-47(52)56-42-17-5-4-14-36(42)28-31-53(56)62/h1-35H. The maximum Gasteiger partial charge on any atom is 0.235 e. The van der Waals surface area contributed by atoms with Gasteiger partial charge >= 0.3 is 0 Å². The number of aromatic nitrogens is 5. The summed E-state index contributed by atoms with van der Waals surface area (Å²) in [5.74, 6) is 0.642. The zero-order valence-corrected chi connectivity index (χ0v) is 33.9. The molecule has 0 radical (unpaired) electrons. The molecule has 0 saturated carbocycles. The molecule has 14 rings (SSSR count). The molecule has 10 aromatic carbocycles. The van der Waals surface area contributed by atoms with E-state index in [0.717, 1.165) is 55.5 Å². The van der Waals surface area contributed by atoms with Crippen molar-refractivity contribution in [3.05, 3.63) is 212 Å². The molecule has 0 unspecified atom stereocenters. The predicted octanol–water partition coefficient (Wildman–Crippen LogP) is 14.9. The Bertz CT molecular complexity index is 4210. The van der Waals surface area contributed by atoms with Gasteiger partial charge in [-0.3, -0.25) is 4.57 Å². The predicted molar refractivity (Wildman–Crippen MR) is 263 cm³/mol. The molecule has 0 bridgehead atoms. The second-order valence-corrected chi connectivity index (χ2v) is 16.6. The number of benzene rings is 10. The monoisotopic (exact) mass is 801 g/mol. The summed E-state index contributed by atoms with van der Waals surface area (Å²) in [6, 6.07) is 76.7. The van der Waals surface area contributed by atoms with E-state index in [1.165, 1.54) is 65.0 Å². The Hall–Kier alpha value is -8.54. The van der Waals surface area contributed by atoms with Gasteiger partial charge in [0.25, 0.3) is 0 Å². The molecule has 292 valence electrons. The van der Waals surface area contributed by atoms with Gasteiger partial charge in [0, 0.05) is 54.6 Å². The van der Waals surface area contributed by atoms with Crippen LogP contribution in [-0.2, 0) is 0 Å². The molecule has 4 heterocycles. The van der Waals surface area contributed by atoms with Crippen LogP contribution in [0.25, 0.3) is 126 Å². The zero-order valence-electron chi connectivity index (χ0n) is 33.9. The first-order chi connectivity index (χ1) is 31.2. The molecule has 0 spiro atoms. The van der Waals surface area contributed by atoms with E-state index in [1.807, 2.05) is 0 Å². The Kier molecular flexibility index (Phi) is 7.05. The maximum absolute atomic E-state index is 5.55. The van der Waals surface area contributed by atoms with Crippen LogP contribution in [0.4, 0.5) is 0 Å². The van der Waals surface area contributed by atoms with Crippen molar-refractivity contribution in [2.75, 3.05) is 0 Å². The van der Waals surface area contributed by atoms with Gasteiger partial charge in [0.05, 0.1) is 44.3 Å². The van der Waals surface area contributed by atoms with E-state index in [9.17, 15) is 0 Å². The quantitative estimate of drug-likeness (QED) is 0.178. The average Bonchev–Trinajstić information content (AvgIpc) is 3.98. The molecule has 5 heteroatoms. The number of hydrogen-bond donors (Lipinski definition) is 0. The lowest BCUT2D eigenvalue weighted by molar-refractivity contribution is 1.01. The summed E-state index contributed by atoms with van der Waals surface area (Å²) in [5, 5.41) is 13.2. The summed E-state index contributed by atoms with van der Waals surface area (Å²) in [6.07, 6.45) is 0. The van der Waals surface area contributed by atoms with Crippen molar-refractivity contribution in [3.8, 4) is 28.6 Å². The highest BCUT2D eigenvalue weighted by molar-refractivity contribution is 6.21. The van der Waals surface area contributed by atoms with Crippen LogP contribution in [0.3, 0.4) is 0 Å². The van der Waals surface area contributed by atoms with Gasteiger partial charge < -0.3 is 9.13 Å². The lowest BCUT2D eigenvalue weighted by Crippen LogP contribution is -2.03. The fourth-order valence-corrected chi connectivity index (χ4v) is 10.4. The Labute approximate surface area is 360 Å². The molecular weight excluding hydrogens is 767 g/mol. The van der Waals surface area contributed by atoms with Crippen LogP contribution in [-0.4, -0.2) is 23.7 Å². The van der Waals surface area contributed by atoms with Gasteiger partial charge in [-0.05, 0) is 94.3 Å². The van der Waals surface area contributed by atoms with E-state index >= 15 is 0 Å². The number of hydrogen-bond acceptors (Lipinski definition) is 2. The van der Waals surface area contributed by atoms with Crippen molar-refractivity contribution in [2.45, 2.75) is 0 Å². The minimum absolute atomic E-state index is 0.642. The molecule has 4 aromatic heterocycles. The average molecular weight is 802 g/mol. The van der Waals surface area contributed by atoms with E-state index in [1.54, 1.807) is 0 Å². The van der Waals surface area contributed by atoms with Crippen molar-refractivity contribution < 1.29 is 0 Å². The van der Waals surface area contributed by atoms with Gasteiger partial charge in [-0.2, -0.15) is 0 Å². The van der Waals surface area contributed by atoms with Crippen molar-refractivity contribution in [2.24, 2.45) is 0 Å². The number of para-hydroxylation sites is 5. The molecule has 0 atom stereocenters. The third kappa shape index (κ3) is 4.93. The van der Waals surface area contributed by atoms with Gasteiger partial charge in [0.15, 0.2) is 0 Å².